The third kappa shape index (κ3) is 8.02. The quantitative estimate of drug-likeness (QED) is 0.135. The fourth-order valence-electron chi connectivity index (χ4n) is 4.51. The van der Waals surface area contributed by atoms with Crippen LogP contribution in [0, 0.1) is 5.92 Å². The summed E-state index contributed by atoms with van der Waals surface area (Å²) in [5.41, 5.74) is 3.86. The van der Waals surface area contributed by atoms with Crippen molar-refractivity contribution in [1.29, 1.82) is 0 Å². The predicted molar refractivity (Wildman–Crippen MR) is 137 cm³/mol. The van der Waals surface area contributed by atoms with Gasteiger partial charge in [0.2, 0.25) is 0 Å². The lowest BCUT2D eigenvalue weighted by Crippen LogP contribution is -2.18. The van der Waals surface area contributed by atoms with E-state index in [1.807, 2.05) is 19.1 Å². The van der Waals surface area contributed by atoms with Crippen molar-refractivity contribution in [3.8, 4) is 11.5 Å². The Balaban J connectivity index is 2.46. The molecule has 1 aromatic rings. The van der Waals surface area contributed by atoms with Crippen molar-refractivity contribution in [2.75, 3.05) is 19.9 Å². The van der Waals surface area contributed by atoms with Crippen molar-refractivity contribution < 1.29 is 28.3 Å². The van der Waals surface area contributed by atoms with Gasteiger partial charge in [-0.3, -0.25) is 4.79 Å². The highest BCUT2D eigenvalue weighted by Crippen LogP contribution is 2.53. The number of phenols is 1. The molecular formula is C27H41O6P. The molecular weight excluding hydrogens is 451 g/mol. The third-order valence-corrected chi connectivity index (χ3v) is 8.25. The van der Waals surface area contributed by atoms with Crippen LogP contribution in [0.3, 0.4) is 0 Å². The average Bonchev–Trinajstić information content (AvgIpc) is 2.76. The molecule has 3 unspecified atom stereocenters. The van der Waals surface area contributed by atoms with E-state index in [0.717, 1.165) is 49.7 Å². The second-order valence-electron chi connectivity index (χ2n) is 9.32. The first-order valence-electron chi connectivity index (χ1n) is 12.3. The Morgan fingerprint density at radius 1 is 1.24 bits per heavy atom. The van der Waals surface area contributed by atoms with Crippen molar-refractivity contribution in [2.24, 2.45) is 5.92 Å². The fraction of sp³-hybridized carbons (Fsp3) is 0.593. The third-order valence-electron chi connectivity index (χ3n) is 6.36. The van der Waals surface area contributed by atoms with Gasteiger partial charge in [-0.2, -0.15) is 0 Å². The van der Waals surface area contributed by atoms with Gasteiger partial charge in [0.25, 0.3) is 0 Å². The number of unbranched alkanes of at least 4 members (excludes halogenated alkanes) is 2. The van der Waals surface area contributed by atoms with Gasteiger partial charge in [-0.05, 0) is 69.6 Å². The molecule has 0 radical (unpaired) electrons. The van der Waals surface area contributed by atoms with Gasteiger partial charge in [0.15, 0.2) is 0 Å². The number of ether oxygens (including phenoxy) is 1. The second kappa shape index (κ2) is 13.2. The molecule has 1 aliphatic carbocycles. The van der Waals surface area contributed by atoms with Gasteiger partial charge in [-0.15, -0.1) is 0 Å². The maximum Gasteiger partial charge on any atom is 0.379 e. The molecule has 0 bridgehead atoms. The Labute approximate surface area is 204 Å². The summed E-state index contributed by atoms with van der Waals surface area (Å²) >= 11 is 0. The van der Waals surface area contributed by atoms with Gasteiger partial charge in [0, 0.05) is 25.5 Å². The number of hydrogen-bond donors (Lipinski definition) is 1. The van der Waals surface area contributed by atoms with Crippen LogP contribution in [0.2, 0.25) is 0 Å². The van der Waals surface area contributed by atoms with E-state index in [9.17, 15) is 14.5 Å². The fourth-order valence-corrected chi connectivity index (χ4v) is 5.82. The highest BCUT2D eigenvalue weighted by atomic mass is 31.2. The standard InChI is InChI=1S/C27H41O6P/c1-7-8-9-11-22-17-25(29)27(24-16-20(4)12-13-23(24)19(2)3)26(18-22)33-34(30,31-6)15-10-14-32-21(5)28/h16-18,23-24,29H,2,7-15H2,1,3-6H3. The Morgan fingerprint density at radius 2 is 1.97 bits per heavy atom. The first kappa shape index (κ1) is 28.2. The molecule has 0 aliphatic heterocycles. The van der Waals surface area contributed by atoms with Gasteiger partial charge in [-0.25, -0.2) is 4.57 Å². The molecule has 1 aromatic carbocycles. The molecule has 0 amide bonds. The van der Waals surface area contributed by atoms with Crippen LogP contribution in [0.25, 0.3) is 0 Å². The van der Waals surface area contributed by atoms with Crippen LogP contribution in [-0.2, 0) is 25.0 Å². The first-order chi connectivity index (χ1) is 16.1. The summed E-state index contributed by atoms with van der Waals surface area (Å²) in [5, 5.41) is 11.2. The molecule has 1 N–H and O–H groups in total. The number of aryl methyl sites for hydroxylation is 1. The molecule has 190 valence electrons. The van der Waals surface area contributed by atoms with Crippen LogP contribution in [0.4, 0.5) is 0 Å². The Kier molecular flexibility index (Phi) is 10.9. The SMILES string of the molecule is C=C(C)C1CCC(C)=CC1c1c(O)cc(CCCCC)cc1OP(=O)(CCCOC(C)=O)OC. The number of esters is 1. The number of aromatic hydroxyl groups is 1. The summed E-state index contributed by atoms with van der Waals surface area (Å²) in [7, 11) is -2.18. The summed E-state index contributed by atoms with van der Waals surface area (Å²) < 4.78 is 29.9. The van der Waals surface area contributed by atoms with Crippen molar-refractivity contribution in [1.82, 2.24) is 0 Å². The molecule has 1 aliphatic rings. The zero-order valence-corrected chi connectivity index (χ0v) is 22.3. The summed E-state index contributed by atoms with van der Waals surface area (Å²) in [5.74, 6) is 0.177. The molecule has 3 atom stereocenters. The van der Waals surface area contributed by atoms with E-state index >= 15 is 0 Å². The molecule has 0 spiro atoms. The Bertz CT molecular complexity index is 935. The number of benzene rings is 1. The van der Waals surface area contributed by atoms with Crippen LogP contribution in [0.1, 0.15) is 83.3 Å². The minimum atomic E-state index is -3.54. The van der Waals surface area contributed by atoms with E-state index in [2.05, 4.69) is 26.5 Å². The van der Waals surface area contributed by atoms with Crippen LogP contribution in [-0.4, -0.2) is 31.0 Å². The molecule has 0 saturated carbocycles. The zero-order chi connectivity index (χ0) is 25.3. The minimum absolute atomic E-state index is 0.0977. The number of phenolic OH excluding ortho intramolecular Hbond substituents is 1. The number of allylic oxidation sites excluding steroid dienone is 3. The second-order valence-corrected chi connectivity index (χ2v) is 11.5. The number of carbonyl (C=O) groups excluding carboxylic acids is 1. The molecule has 7 heteroatoms. The summed E-state index contributed by atoms with van der Waals surface area (Å²) in [6.45, 7) is 11.9. The predicted octanol–water partition coefficient (Wildman–Crippen LogP) is 7.31. The van der Waals surface area contributed by atoms with Crippen molar-refractivity contribution in [3.05, 3.63) is 47.1 Å². The largest absolute Gasteiger partial charge is 0.507 e. The van der Waals surface area contributed by atoms with Crippen LogP contribution in [0.5, 0.6) is 11.5 Å². The maximum absolute atomic E-state index is 13.5. The Hall–Kier alpha value is -2.04. The van der Waals surface area contributed by atoms with Gasteiger partial charge in [0.05, 0.1) is 12.8 Å². The van der Waals surface area contributed by atoms with E-state index in [1.54, 1.807) is 0 Å². The van der Waals surface area contributed by atoms with E-state index in [4.69, 9.17) is 13.8 Å². The van der Waals surface area contributed by atoms with Crippen LogP contribution >= 0.6 is 7.60 Å². The van der Waals surface area contributed by atoms with Crippen LogP contribution in [0.15, 0.2) is 35.9 Å². The van der Waals surface area contributed by atoms with Gasteiger partial charge >= 0.3 is 13.6 Å². The van der Waals surface area contributed by atoms with Crippen molar-refractivity contribution in [3.63, 3.8) is 0 Å². The zero-order valence-electron chi connectivity index (χ0n) is 21.4. The summed E-state index contributed by atoms with van der Waals surface area (Å²) in [6.07, 6.45) is 8.51. The number of rotatable bonds is 13. The van der Waals surface area contributed by atoms with Gasteiger partial charge < -0.3 is 18.9 Å². The van der Waals surface area contributed by atoms with E-state index in [1.165, 1.54) is 19.6 Å². The molecule has 34 heavy (non-hydrogen) atoms. The summed E-state index contributed by atoms with van der Waals surface area (Å²) in [4.78, 5) is 11.0. The molecule has 0 fully saturated rings. The number of carbonyl (C=O) groups is 1. The monoisotopic (exact) mass is 492 g/mol. The lowest BCUT2D eigenvalue weighted by atomic mass is 9.73. The van der Waals surface area contributed by atoms with E-state index in [0.29, 0.717) is 17.7 Å². The normalized spacial score (nSPS) is 19.7. The lowest BCUT2D eigenvalue weighted by molar-refractivity contribution is -0.140. The molecule has 0 heterocycles. The Morgan fingerprint density at radius 3 is 2.59 bits per heavy atom. The van der Waals surface area contributed by atoms with Gasteiger partial charge in [-0.1, -0.05) is 43.6 Å². The lowest BCUT2D eigenvalue weighted by Gasteiger charge is -2.32. The van der Waals surface area contributed by atoms with Gasteiger partial charge in [0.1, 0.15) is 11.5 Å². The highest BCUT2D eigenvalue weighted by molar-refractivity contribution is 7.54. The first-order valence-corrected chi connectivity index (χ1v) is 14.0. The molecule has 0 aromatic heterocycles. The minimum Gasteiger partial charge on any atom is -0.507 e. The molecule has 0 saturated heterocycles. The smallest absolute Gasteiger partial charge is 0.379 e. The average molecular weight is 493 g/mol. The van der Waals surface area contributed by atoms with Crippen LogP contribution < -0.4 is 4.52 Å². The number of hydrogen-bond acceptors (Lipinski definition) is 6. The summed E-state index contributed by atoms with van der Waals surface area (Å²) in [6, 6.07) is 3.71. The van der Waals surface area contributed by atoms with E-state index < -0.39 is 7.60 Å². The highest BCUT2D eigenvalue weighted by Gasteiger charge is 2.33. The van der Waals surface area contributed by atoms with Crippen molar-refractivity contribution >= 4 is 13.6 Å². The van der Waals surface area contributed by atoms with Crippen molar-refractivity contribution in [2.45, 2.75) is 78.6 Å². The maximum atomic E-state index is 13.5. The van der Waals surface area contributed by atoms with E-state index in [-0.39, 0.29) is 36.3 Å². The topological polar surface area (TPSA) is 82.1 Å². The molecule has 6 nitrogen and oxygen atoms in total. The molecule has 2 rings (SSSR count).